The molecule has 2 rings (SSSR count). The van der Waals surface area contributed by atoms with Crippen LogP contribution in [-0.2, 0) is 4.74 Å². The van der Waals surface area contributed by atoms with Gasteiger partial charge in [-0.2, -0.15) is 0 Å². The van der Waals surface area contributed by atoms with Gasteiger partial charge in [-0.25, -0.2) is 0 Å². The largest absolute Gasteiger partial charge is 0.373 e. The summed E-state index contributed by atoms with van der Waals surface area (Å²) >= 11 is 0. The van der Waals surface area contributed by atoms with Gasteiger partial charge < -0.3 is 4.74 Å². The minimum atomic E-state index is 0.333. The normalized spacial score (nSPS) is 18.9. The fraction of sp³-hybridized carbons (Fsp3) is 0.182. The summed E-state index contributed by atoms with van der Waals surface area (Å²) < 4.78 is 4.60. The highest BCUT2D eigenvalue weighted by Crippen LogP contribution is 2.03. The molecule has 1 fully saturated rings. The molecular formula is C11H13O. The Morgan fingerprint density at radius 3 is 2.08 bits per heavy atom. The van der Waals surface area contributed by atoms with Crippen LogP contribution < -0.4 is 0 Å². The Morgan fingerprint density at radius 1 is 1.33 bits per heavy atom. The lowest BCUT2D eigenvalue weighted by atomic mass is 10.2. The zero-order valence-electron chi connectivity index (χ0n) is 7.07. The van der Waals surface area contributed by atoms with E-state index in [9.17, 15) is 0 Å². The van der Waals surface area contributed by atoms with Crippen molar-refractivity contribution < 1.29 is 4.74 Å². The van der Waals surface area contributed by atoms with Crippen LogP contribution in [0.25, 0.3) is 6.08 Å². The number of hydrogen-bond acceptors (Lipinski definition) is 1. The first-order valence-corrected chi connectivity index (χ1v) is 3.95. The summed E-state index contributed by atoms with van der Waals surface area (Å²) in [6.07, 6.45) is 2.17. The molecule has 0 aromatic heterocycles. The summed E-state index contributed by atoms with van der Waals surface area (Å²) in [6.45, 7) is 8.03. The van der Waals surface area contributed by atoms with E-state index in [1.807, 2.05) is 36.4 Å². The number of benzene rings is 1. The fourth-order valence-electron chi connectivity index (χ4n) is 0.657. The number of rotatable bonds is 1. The van der Waals surface area contributed by atoms with Gasteiger partial charge in [0.25, 0.3) is 0 Å². The second-order valence-electron chi connectivity index (χ2n) is 2.57. The summed E-state index contributed by atoms with van der Waals surface area (Å²) in [5.74, 6) is 0. The van der Waals surface area contributed by atoms with E-state index < -0.39 is 0 Å². The van der Waals surface area contributed by atoms with E-state index >= 15 is 0 Å². The molecule has 0 aliphatic carbocycles. The molecule has 0 bridgehead atoms. The van der Waals surface area contributed by atoms with Crippen LogP contribution in [0.15, 0.2) is 36.9 Å². The third kappa shape index (κ3) is 3.94. The van der Waals surface area contributed by atoms with Crippen molar-refractivity contribution in [1.82, 2.24) is 0 Å². The van der Waals surface area contributed by atoms with Crippen LogP contribution in [0.4, 0.5) is 0 Å². The molecule has 1 aromatic rings. The van der Waals surface area contributed by atoms with Crippen LogP contribution in [0, 0.1) is 6.92 Å². The summed E-state index contributed by atoms with van der Waals surface area (Å²) in [6, 6.07) is 10.0. The molecule has 1 nitrogen and oxygen atoms in total. The molecule has 1 saturated heterocycles. The van der Waals surface area contributed by atoms with Gasteiger partial charge in [0.05, 0.1) is 12.7 Å². The Hall–Kier alpha value is -1.08. The molecule has 0 spiro atoms. The lowest BCUT2D eigenvalue weighted by molar-refractivity contribution is 0.439. The molecule has 1 aliphatic heterocycles. The van der Waals surface area contributed by atoms with Crippen molar-refractivity contribution in [3.05, 3.63) is 49.4 Å². The zero-order chi connectivity index (χ0) is 8.81. The predicted octanol–water partition coefficient (Wildman–Crippen LogP) is 2.55. The Morgan fingerprint density at radius 2 is 1.83 bits per heavy atom. The fourth-order valence-corrected chi connectivity index (χ4v) is 0.657. The van der Waals surface area contributed by atoms with E-state index in [2.05, 4.69) is 18.2 Å². The highest BCUT2D eigenvalue weighted by molar-refractivity contribution is 5.45. The van der Waals surface area contributed by atoms with Gasteiger partial charge in [-0.05, 0) is 12.5 Å². The average Bonchev–Trinajstić information content (AvgIpc) is 2.90. The molecule has 0 amide bonds. The monoisotopic (exact) mass is 161 g/mol. The second-order valence-corrected chi connectivity index (χ2v) is 2.57. The van der Waals surface area contributed by atoms with E-state index in [-0.39, 0.29) is 0 Å². The van der Waals surface area contributed by atoms with Crippen molar-refractivity contribution in [3.63, 3.8) is 0 Å². The van der Waals surface area contributed by atoms with Gasteiger partial charge in [0, 0.05) is 0 Å². The number of ether oxygens (including phenoxy) is 1. The first-order chi connectivity index (χ1) is 5.83. The Labute approximate surface area is 73.7 Å². The predicted molar refractivity (Wildman–Crippen MR) is 51.6 cm³/mol. The van der Waals surface area contributed by atoms with Crippen molar-refractivity contribution >= 4 is 6.08 Å². The van der Waals surface area contributed by atoms with Crippen LogP contribution in [-0.4, -0.2) is 12.7 Å². The molecule has 0 saturated carbocycles. The maximum absolute atomic E-state index is 4.60. The van der Waals surface area contributed by atoms with Crippen LogP contribution in [0.2, 0.25) is 0 Å². The summed E-state index contributed by atoms with van der Waals surface area (Å²) in [4.78, 5) is 0. The second kappa shape index (κ2) is 4.73. The zero-order valence-corrected chi connectivity index (χ0v) is 7.07. The van der Waals surface area contributed by atoms with Crippen molar-refractivity contribution in [2.24, 2.45) is 0 Å². The molecule has 12 heavy (non-hydrogen) atoms. The van der Waals surface area contributed by atoms with Gasteiger partial charge in [0.15, 0.2) is 0 Å². The first kappa shape index (κ1) is 9.01. The van der Waals surface area contributed by atoms with Crippen molar-refractivity contribution in [1.29, 1.82) is 0 Å². The Kier molecular flexibility index (Phi) is 3.55. The van der Waals surface area contributed by atoms with E-state index in [0.717, 1.165) is 6.61 Å². The van der Waals surface area contributed by atoms with E-state index in [0.29, 0.717) is 6.10 Å². The summed E-state index contributed by atoms with van der Waals surface area (Å²) in [5.41, 5.74) is 1.17. The third-order valence-corrected chi connectivity index (χ3v) is 1.44. The minimum absolute atomic E-state index is 0.333. The van der Waals surface area contributed by atoms with Crippen LogP contribution in [0.1, 0.15) is 5.56 Å². The summed E-state index contributed by atoms with van der Waals surface area (Å²) in [5, 5.41) is 0. The van der Waals surface area contributed by atoms with Gasteiger partial charge in [-0.3, -0.25) is 0 Å². The molecule has 1 aromatic carbocycles. The number of hydrogen-bond donors (Lipinski definition) is 0. The molecule has 0 N–H and O–H groups in total. The van der Waals surface area contributed by atoms with Gasteiger partial charge in [0.2, 0.25) is 0 Å². The molecule has 1 heteroatoms. The SMILES string of the molecule is C=Cc1ccccc1.[CH2]C1CO1. The highest BCUT2D eigenvalue weighted by atomic mass is 16.6. The van der Waals surface area contributed by atoms with E-state index in [4.69, 9.17) is 0 Å². The highest BCUT2D eigenvalue weighted by Gasteiger charge is 2.13. The van der Waals surface area contributed by atoms with E-state index in [1.54, 1.807) is 0 Å². The molecule has 1 aliphatic rings. The van der Waals surface area contributed by atoms with Gasteiger partial charge in [-0.15, -0.1) is 0 Å². The van der Waals surface area contributed by atoms with Gasteiger partial charge >= 0.3 is 0 Å². The molecule has 1 radical (unpaired) electrons. The molecule has 1 atom stereocenters. The Balaban J connectivity index is 0.000000150. The quantitative estimate of drug-likeness (QED) is 0.577. The maximum Gasteiger partial charge on any atom is 0.0810 e. The molecule has 1 unspecified atom stereocenters. The average molecular weight is 161 g/mol. The molecular weight excluding hydrogens is 148 g/mol. The Bertz CT molecular complexity index is 224. The standard InChI is InChI=1S/C8H8.C3H5O/c1-2-8-6-4-3-5-7-8;1-3-2-4-3/h2-7H,1H2;3H,1-2H2. The lowest BCUT2D eigenvalue weighted by Gasteiger charge is -1.85. The molecule has 1 heterocycles. The van der Waals surface area contributed by atoms with Crippen molar-refractivity contribution in [2.75, 3.05) is 6.61 Å². The minimum Gasteiger partial charge on any atom is -0.373 e. The lowest BCUT2D eigenvalue weighted by Crippen LogP contribution is -1.63. The number of epoxide rings is 1. The van der Waals surface area contributed by atoms with Crippen LogP contribution in [0.3, 0.4) is 0 Å². The van der Waals surface area contributed by atoms with Gasteiger partial charge in [0.1, 0.15) is 0 Å². The van der Waals surface area contributed by atoms with Crippen molar-refractivity contribution in [2.45, 2.75) is 6.10 Å². The topological polar surface area (TPSA) is 12.5 Å². The maximum atomic E-state index is 4.60. The first-order valence-electron chi connectivity index (χ1n) is 3.95. The van der Waals surface area contributed by atoms with Gasteiger partial charge in [-0.1, -0.05) is 43.0 Å². The smallest absolute Gasteiger partial charge is 0.0810 e. The van der Waals surface area contributed by atoms with Crippen LogP contribution in [0.5, 0.6) is 0 Å². The van der Waals surface area contributed by atoms with Crippen molar-refractivity contribution in [3.8, 4) is 0 Å². The summed E-state index contributed by atoms with van der Waals surface area (Å²) in [7, 11) is 0. The molecule has 63 valence electrons. The third-order valence-electron chi connectivity index (χ3n) is 1.44. The van der Waals surface area contributed by atoms with Crippen LogP contribution >= 0.6 is 0 Å². The van der Waals surface area contributed by atoms with E-state index in [1.165, 1.54) is 5.56 Å².